The quantitative estimate of drug-likeness (QED) is 0.620. The molecule has 2 unspecified atom stereocenters. The van der Waals surface area contributed by atoms with Crippen molar-refractivity contribution in [3.8, 4) is 0 Å². The van der Waals surface area contributed by atoms with E-state index in [0.29, 0.717) is 6.10 Å². The van der Waals surface area contributed by atoms with Crippen molar-refractivity contribution in [2.75, 3.05) is 6.61 Å². The summed E-state index contributed by atoms with van der Waals surface area (Å²) in [5, 5.41) is 0. The van der Waals surface area contributed by atoms with Crippen LogP contribution in [0.5, 0.6) is 0 Å². The number of hydrogen-bond donors (Lipinski definition) is 2. The van der Waals surface area contributed by atoms with Crippen LogP contribution in [0.25, 0.3) is 0 Å². The Morgan fingerprint density at radius 3 is 3.05 bits per heavy atom. The number of hydrogen-bond acceptors (Lipinski definition) is 3. The van der Waals surface area contributed by atoms with Gasteiger partial charge in [-0.15, -0.1) is 0 Å². The van der Waals surface area contributed by atoms with Crippen molar-refractivity contribution in [3.63, 3.8) is 0 Å². The molecule has 0 aliphatic carbocycles. The molecule has 0 amide bonds. The minimum absolute atomic E-state index is 0.0357. The van der Waals surface area contributed by atoms with E-state index in [0.717, 1.165) is 42.3 Å². The van der Waals surface area contributed by atoms with Gasteiger partial charge in [-0.05, 0) is 55.9 Å². The van der Waals surface area contributed by atoms with Gasteiger partial charge in [0, 0.05) is 17.1 Å². The van der Waals surface area contributed by atoms with Crippen molar-refractivity contribution in [1.82, 2.24) is 5.43 Å². The fourth-order valence-electron chi connectivity index (χ4n) is 2.53. The second-order valence-electron chi connectivity index (χ2n) is 4.95. The molecule has 0 aromatic heterocycles. The van der Waals surface area contributed by atoms with Crippen LogP contribution in [-0.4, -0.2) is 12.7 Å². The fraction of sp³-hybridized carbons (Fsp3) is 0.571. The molecule has 2 rings (SSSR count). The summed E-state index contributed by atoms with van der Waals surface area (Å²) < 4.78 is 19.8. The molecule has 0 spiro atoms. The molecule has 1 aliphatic heterocycles. The van der Waals surface area contributed by atoms with Crippen LogP contribution in [0.3, 0.4) is 0 Å². The molecule has 1 fully saturated rings. The van der Waals surface area contributed by atoms with Gasteiger partial charge < -0.3 is 4.74 Å². The van der Waals surface area contributed by atoms with Crippen molar-refractivity contribution in [3.05, 3.63) is 34.1 Å². The molecule has 1 aromatic carbocycles. The Kier molecular flexibility index (Phi) is 5.76. The van der Waals surface area contributed by atoms with Crippen LogP contribution in [0.15, 0.2) is 22.7 Å². The third kappa shape index (κ3) is 4.24. The van der Waals surface area contributed by atoms with Crippen LogP contribution in [0.2, 0.25) is 0 Å². The van der Waals surface area contributed by atoms with Gasteiger partial charge in [0.2, 0.25) is 0 Å². The first-order valence-electron chi connectivity index (χ1n) is 6.73. The SMILES string of the molecule is NNC(CCCC1CCCO1)c1cc(F)ccc1Br. The second-order valence-corrected chi connectivity index (χ2v) is 5.81. The Morgan fingerprint density at radius 2 is 2.37 bits per heavy atom. The third-order valence-corrected chi connectivity index (χ3v) is 4.30. The molecule has 5 heteroatoms. The average molecular weight is 331 g/mol. The van der Waals surface area contributed by atoms with Crippen molar-refractivity contribution in [2.24, 2.45) is 5.84 Å². The maximum Gasteiger partial charge on any atom is 0.123 e. The van der Waals surface area contributed by atoms with Crippen LogP contribution < -0.4 is 11.3 Å². The standard InChI is InChI=1S/C14H20BrFN2O/c15-13-7-6-10(16)9-12(13)14(18-17)5-1-3-11-4-2-8-19-11/h6-7,9,11,14,18H,1-5,8,17H2. The normalized spacial score (nSPS) is 20.7. The summed E-state index contributed by atoms with van der Waals surface area (Å²) in [4.78, 5) is 0. The molecule has 0 saturated carbocycles. The zero-order valence-corrected chi connectivity index (χ0v) is 12.5. The predicted molar refractivity (Wildman–Crippen MR) is 77.0 cm³/mol. The summed E-state index contributed by atoms with van der Waals surface area (Å²) >= 11 is 3.44. The molecule has 1 saturated heterocycles. The maximum atomic E-state index is 13.3. The fourth-order valence-corrected chi connectivity index (χ4v) is 3.05. The number of ether oxygens (including phenoxy) is 1. The van der Waals surface area contributed by atoms with Gasteiger partial charge in [0.15, 0.2) is 0 Å². The lowest BCUT2D eigenvalue weighted by Gasteiger charge is -2.19. The first kappa shape index (κ1) is 14.9. The number of benzene rings is 1. The highest BCUT2D eigenvalue weighted by Crippen LogP contribution is 2.28. The molecule has 3 nitrogen and oxygen atoms in total. The lowest BCUT2D eigenvalue weighted by Crippen LogP contribution is -2.28. The van der Waals surface area contributed by atoms with Crippen LogP contribution in [-0.2, 0) is 4.74 Å². The molecular weight excluding hydrogens is 311 g/mol. The third-order valence-electron chi connectivity index (χ3n) is 3.58. The van der Waals surface area contributed by atoms with E-state index in [1.165, 1.54) is 18.6 Å². The summed E-state index contributed by atoms with van der Waals surface area (Å²) in [6, 6.07) is 4.65. The summed E-state index contributed by atoms with van der Waals surface area (Å²) in [5.74, 6) is 5.36. The average Bonchev–Trinajstić information content (AvgIpc) is 2.91. The minimum Gasteiger partial charge on any atom is -0.378 e. The topological polar surface area (TPSA) is 47.3 Å². The first-order valence-corrected chi connectivity index (χ1v) is 7.52. The molecule has 0 bridgehead atoms. The monoisotopic (exact) mass is 330 g/mol. The van der Waals surface area contributed by atoms with E-state index >= 15 is 0 Å². The summed E-state index contributed by atoms with van der Waals surface area (Å²) in [6.07, 6.45) is 5.66. The number of nitrogens with one attached hydrogen (secondary N) is 1. The van der Waals surface area contributed by atoms with Crippen LogP contribution in [0.4, 0.5) is 4.39 Å². The van der Waals surface area contributed by atoms with Gasteiger partial charge in [-0.3, -0.25) is 11.3 Å². The van der Waals surface area contributed by atoms with Gasteiger partial charge in [0.05, 0.1) is 6.10 Å². The van der Waals surface area contributed by atoms with Crippen molar-refractivity contribution >= 4 is 15.9 Å². The van der Waals surface area contributed by atoms with Crippen LogP contribution in [0, 0.1) is 5.82 Å². The second kappa shape index (κ2) is 7.33. The van der Waals surface area contributed by atoms with E-state index in [9.17, 15) is 4.39 Å². The summed E-state index contributed by atoms with van der Waals surface area (Å²) in [7, 11) is 0. The molecule has 1 heterocycles. The highest BCUT2D eigenvalue weighted by atomic mass is 79.9. The van der Waals surface area contributed by atoms with Crippen molar-refractivity contribution in [2.45, 2.75) is 44.2 Å². The smallest absolute Gasteiger partial charge is 0.123 e. The number of rotatable bonds is 6. The Labute approximate surface area is 121 Å². The van der Waals surface area contributed by atoms with Gasteiger partial charge in [-0.25, -0.2) is 4.39 Å². The zero-order chi connectivity index (χ0) is 13.7. The van der Waals surface area contributed by atoms with E-state index in [1.807, 2.05) is 0 Å². The Bertz CT molecular complexity index is 410. The molecule has 1 aromatic rings. The van der Waals surface area contributed by atoms with Gasteiger partial charge in [0.1, 0.15) is 5.82 Å². The van der Waals surface area contributed by atoms with Gasteiger partial charge >= 0.3 is 0 Å². The summed E-state index contributed by atoms with van der Waals surface area (Å²) in [6.45, 7) is 0.888. The minimum atomic E-state index is -0.238. The molecule has 0 radical (unpaired) electrons. The lowest BCUT2D eigenvalue weighted by atomic mass is 9.99. The Morgan fingerprint density at radius 1 is 1.53 bits per heavy atom. The van der Waals surface area contributed by atoms with E-state index in [1.54, 1.807) is 6.07 Å². The van der Waals surface area contributed by atoms with E-state index in [4.69, 9.17) is 10.6 Å². The number of nitrogens with two attached hydrogens (primary N) is 1. The van der Waals surface area contributed by atoms with Gasteiger partial charge in [0.25, 0.3) is 0 Å². The number of halogens is 2. The molecular formula is C14H20BrFN2O. The largest absolute Gasteiger partial charge is 0.378 e. The highest BCUT2D eigenvalue weighted by molar-refractivity contribution is 9.10. The van der Waals surface area contributed by atoms with E-state index in [2.05, 4.69) is 21.4 Å². The van der Waals surface area contributed by atoms with Crippen LogP contribution in [0.1, 0.15) is 43.7 Å². The van der Waals surface area contributed by atoms with E-state index in [-0.39, 0.29) is 11.9 Å². The molecule has 2 atom stereocenters. The predicted octanol–water partition coefficient (Wildman–Crippen LogP) is 3.44. The number of hydrazine groups is 1. The summed E-state index contributed by atoms with van der Waals surface area (Å²) in [5.41, 5.74) is 3.64. The maximum absolute atomic E-state index is 13.3. The Hall–Kier alpha value is -0.490. The van der Waals surface area contributed by atoms with Crippen molar-refractivity contribution < 1.29 is 9.13 Å². The lowest BCUT2D eigenvalue weighted by molar-refractivity contribution is 0.101. The molecule has 19 heavy (non-hydrogen) atoms. The molecule has 106 valence electrons. The van der Waals surface area contributed by atoms with Gasteiger partial charge in [-0.2, -0.15) is 0 Å². The highest BCUT2D eigenvalue weighted by Gasteiger charge is 2.18. The molecule has 3 N–H and O–H groups in total. The molecule has 1 aliphatic rings. The van der Waals surface area contributed by atoms with Crippen molar-refractivity contribution in [1.29, 1.82) is 0 Å². The van der Waals surface area contributed by atoms with E-state index < -0.39 is 0 Å². The Balaban J connectivity index is 1.89. The van der Waals surface area contributed by atoms with Gasteiger partial charge in [-0.1, -0.05) is 15.9 Å². The van der Waals surface area contributed by atoms with Crippen LogP contribution >= 0.6 is 15.9 Å². The first-order chi connectivity index (χ1) is 9.20. The zero-order valence-electron chi connectivity index (χ0n) is 10.9.